The van der Waals surface area contributed by atoms with Crippen molar-refractivity contribution in [1.29, 1.82) is 0 Å². The first kappa shape index (κ1) is 13.8. The molecule has 1 atom stereocenters. The Labute approximate surface area is 118 Å². The second-order valence-electron chi connectivity index (χ2n) is 4.92. The molecular formula is C14H19ClN2S. The van der Waals surface area contributed by atoms with E-state index >= 15 is 0 Å². The van der Waals surface area contributed by atoms with E-state index in [9.17, 15) is 0 Å². The van der Waals surface area contributed by atoms with Gasteiger partial charge in [-0.1, -0.05) is 43.3 Å². The monoisotopic (exact) mass is 282 g/mol. The van der Waals surface area contributed by atoms with Crippen molar-refractivity contribution < 1.29 is 0 Å². The van der Waals surface area contributed by atoms with Crippen molar-refractivity contribution >= 4 is 34.2 Å². The molecule has 0 bridgehead atoms. The van der Waals surface area contributed by atoms with Gasteiger partial charge in [-0.3, -0.25) is 4.99 Å². The van der Waals surface area contributed by atoms with Crippen molar-refractivity contribution in [2.24, 2.45) is 10.9 Å². The first-order chi connectivity index (χ1) is 8.58. The normalized spacial score (nSPS) is 19.8. The lowest BCUT2D eigenvalue weighted by atomic mass is 10.0. The van der Waals surface area contributed by atoms with Crippen molar-refractivity contribution in [2.75, 3.05) is 11.1 Å². The number of hydrogen-bond acceptors (Lipinski definition) is 3. The molecule has 1 aliphatic rings. The number of thioether (sulfide) groups is 1. The van der Waals surface area contributed by atoms with Crippen LogP contribution in [0.25, 0.3) is 0 Å². The standard InChI is InChI=1S/C14H19ClN2S/c1-9(2)12-7-8-18-14(16-12)17-13-6-4-5-11(15)10(13)3/h4-6,9,12H,7-8H2,1-3H3,(H,16,17). The molecule has 2 rings (SSSR count). The SMILES string of the molecule is Cc1c(Cl)cccc1NC1=NC(C(C)C)CCS1. The highest BCUT2D eigenvalue weighted by molar-refractivity contribution is 8.14. The summed E-state index contributed by atoms with van der Waals surface area (Å²) in [6.45, 7) is 6.48. The summed E-state index contributed by atoms with van der Waals surface area (Å²) in [6.07, 6.45) is 1.17. The molecule has 0 saturated heterocycles. The Morgan fingerprint density at radius 3 is 2.94 bits per heavy atom. The van der Waals surface area contributed by atoms with Crippen LogP contribution >= 0.6 is 23.4 Å². The Kier molecular flexibility index (Phi) is 4.57. The van der Waals surface area contributed by atoms with Crippen LogP contribution in [0.5, 0.6) is 0 Å². The summed E-state index contributed by atoms with van der Waals surface area (Å²) in [4.78, 5) is 4.77. The minimum absolute atomic E-state index is 0.438. The Morgan fingerprint density at radius 2 is 2.22 bits per heavy atom. The average molecular weight is 283 g/mol. The second-order valence-corrected chi connectivity index (χ2v) is 6.41. The molecule has 0 spiro atoms. The molecule has 1 aromatic rings. The number of rotatable bonds is 2. The van der Waals surface area contributed by atoms with Crippen molar-refractivity contribution in [1.82, 2.24) is 0 Å². The van der Waals surface area contributed by atoms with Gasteiger partial charge in [-0.2, -0.15) is 0 Å². The van der Waals surface area contributed by atoms with Crippen molar-refractivity contribution in [3.8, 4) is 0 Å². The van der Waals surface area contributed by atoms with E-state index in [1.807, 2.05) is 25.1 Å². The predicted octanol–water partition coefficient (Wildman–Crippen LogP) is 4.58. The zero-order valence-corrected chi connectivity index (χ0v) is 12.6. The van der Waals surface area contributed by atoms with Crippen LogP contribution in [0.1, 0.15) is 25.8 Å². The molecule has 1 N–H and O–H groups in total. The van der Waals surface area contributed by atoms with Crippen LogP contribution < -0.4 is 5.32 Å². The maximum absolute atomic E-state index is 6.12. The predicted molar refractivity (Wildman–Crippen MR) is 82.9 cm³/mol. The Morgan fingerprint density at radius 1 is 1.44 bits per heavy atom. The smallest absolute Gasteiger partial charge is 0.161 e. The molecule has 0 radical (unpaired) electrons. The van der Waals surface area contributed by atoms with Gasteiger partial charge in [0.2, 0.25) is 0 Å². The molecule has 0 aromatic heterocycles. The minimum Gasteiger partial charge on any atom is -0.335 e. The van der Waals surface area contributed by atoms with Crippen LogP contribution in [-0.4, -0.2) is 17.0 Å². The molecular weight excluding hydrogens is 264 g/mol. The quantitative estimate of drug-likeness (QED) is 0.859. The largest absolute Gasteiger partial charge is 0.335 e. The molecule has 4 heteroatoms. The lowest BCUT2D eigenvalue weighted by Crippen LogP contribution is -2.24. The fourth-order valence-electron chi connectivity index (χ4n) is 1.94. The molecule has 1 unspecified atom stereocenters. The third-order valence-electron chi connectivity index (χ3n) is 3.21. The third kappa shape index (κ3) is 3.21. The summed E-state index contributed by atoms with van der Waals surface area (Å²) in [6, 6.07) is 6.36. The number of anilines is 1. The van der Waals surface area contributed by atoms with Gasteiger partial charge in [-0.15, -0.1) is 0 Å². The van der Waals surface area contributed by atoms with Crippen LogP contribution in [0.15, 0.2) is 23.2 Å². The van der Waals surface area contributed by atoms with E-state index in [2.05, 4.69) is 19.2 Å². The van der Waals surface area contributed by atoms with Gasteiger partial charge in [-0.25, -0.2) is 0 Å². The summed E-state index contributed by atoms with van der Waals surface area (Å²) in [5.41, 5.74) is 2.13. The number of amidine groups is 1. The molecule has 0 fully saturated rings. The number of nitrogens with one attached hydrogen (secondary N) is 1. The van der Waals surface area contributed by atoms with E-state index in [-0.39, 0.29) is 0 Å². The molecule has 0 saturated carbocycles. The highest BCUT2D eigenvalue weighted by atomic mass is 35.5. The van der Waals surface area contributed by atoms with Crippen LogP contribution in [0.4, 0.5) is 5.69 Å². The summed E-state index contributed by atoms with van der Waals surface area (Å²) in [5, 5.41) is 5.22. The van der Waals surface area contributed by atoms with Crippen LogP contribution in [0.3, 0.4) is 0 Å². The average Bonchev–Trinajstić information content (AvgIpc) is 2.35. The molecule has 2 nitrogen and oxygen atoms in total. The van der Waals surface area contributed by atoms with Crippen LogP contribution in [0, 0.1) is 12.8 Å². The molecule has 1 heterocycles. The van der Waals surface area contributed by atoms with E-state index < -0.39 is 0 Å². The molecule has 0 aliphatic carbocycles. The van der Waals surface area contributed by atoms with Crippen molar-refractivity contribution in [3.63, 3.8) is 0 Å². The molecule has 1 aliphatic heterocycles. The minimum atomic E-state index is 0.438. The summed E-state index contributed by atoms with van der Waals surface area (Å²) in [7, 11) is 0. The van der Waals surface area contributed by atoms with Crippen molar-refractivity contribution in [2.45, 2.75) is 33.2 Å². The van der Waals surface area contributed by atoms with E-state index in [4.69, 9.17) is 16.6 Å². The number of nitrogens with zero attached hydrogens (tertiary/aromatic N) is 1. The highest BCUT2D eigenvalue weighted by Gasteiger charge is 2.19. The number of aliphatic imine (C=N–C) groups is 1. The summed E-state index contributed by atoms with van der Waals surface area (Å²) >= 11 is 7.91. The van der Waals surface area contributed by atoms with Gasteiger partial charge in [0, 0.05) is 16.5 Å². The topological polar surface area (TPSA) is 24.4 Å². The highest BCUT2D eigenvalue weighted by Crippen LogP contribution is 2.27. The third-order valence-corrected chi connectivity index (χ3v) is 4.54. The molecule has 0 amide bonds. The number of hydrogen-bond donors (Lipinski definition) is 1. The summed E-state index contributed by atoms with van der Waals surface area (Å²) in [5.74, 6) is 1.73. The van der Waals surface area contributed by atoms with Gasteiger partial charge in [0.05, 0.1) is 6.04 Å². The lowest BCUT2D eigenvalue weighted by Gasteiger charge is -2.23. The van der Waals surface area contributed by atoms with Crippen molar-refractivity contribution in [3.05, 3.63) is 28.8 Å². The lowest BCUT2D eigenvalue weighted by molar-refractivity contribution is 0.485. The first-order valence-corrected chi connectivity index (χ1v) is 7.67. The number of halogens is 1. The zero-order chi connectivity index (χ0) is 13.1. The van der Waals surface area contributed by atoms with E-state index in [0.29, 0.717) is 12.0 Å². The van der Waals surface area contributed by atoms with Crippen LogP contribution in [-0.2, 0) is 0 Å². The van der Waals surface area contributed by atoms with E-state index in [1.165, 1.54) is 6.42 Å². The fraction of sp³-hybridized carbons (Fsp3) is 0.500. The van der Waals surface area contributed by atoms with Gasteiger partial charge in [-0.05, 0) is 37.0 Å². The van der Waals surface area contributed by atoms with Gasteiger partial charge in [0.15, 0.2) is 5.17 Å². The van der Waals surface area contributed by atoms with E-state index in [0.717, 1.165) is 27.2 Å². The molecule has 98 valence electrons. The molecule has 18 heavy (non-hydrogen) atoms. The summed E-state index contributed by atoms with van der Waals surface area (Å²) < 4.78 is 0. The van der Waals surface area contributed by atoms with Gasteiger partial charge >= 0.3 is 0 Å². The Hall–Kier alpha value is -0.670. The maximum atomic E-state index is 6.12. The van der Waals surface area contributed by atoms with Crippen LogP contribution in [0.2, 0.25) is 5.02 Å². The zero-order valence-electron chi connectivity index (χ0n) is 11.0. The first-order valence-electron chi connectivity index (χ1n) is 6.30. The maximum Gasteiger partial charge on any atom is 0.161 e. The van der Waals surface area contributed by atoms with Gasteiger partial charge in [0.25, 0.3) is 0 Å². The van der Waals surface area contributed by atoms with Gasteiger partial charge < -0.3 is 5.32 Å². The van der Waals surface area contributed by atoms with E-state index in [1.54, 1.807) is 11.8 Å². The second kappa shape index (κ2) is 5.98. The fourth-order valence-corrected chi connectivity index (χ4v) is 3.06. The molecule has 1 aromatic carbocycles. The van der Waals surface area contributed by atoms with Gasteiger partial charge in [0.1, 0.15) is 0 Å². The Balaban J connectivity index is 2.16. The Bertz CT molecular complexity index is 457. The number of benzene rings is 1.